The fourth-order valence-corrected chi connectivity index (χ4v) is 5.97. The summed E-state index contributed by atoms with van der Waals surface area (Å²) < 4.78 is 62.0. The van der Waals surface area contributed by atoms with Crippen molar-refractivity contribution >= 4 is 34.0 Å². The minimum atomic E-state index is -4.71. The Kier molecular flexibility index (Phi) is 8.19. The van der Waals surface area contributed by atoms with Gasteiger partial charge in [0.2, 0.25) is 5.91 Å². The predicted molar refractivity (Wildman–Crippen MR) is 143 cm³/mol. The summed E-state index contributed by atoms with van der Waals surface area (Å²) in [6.07, 6.45) is -3.64. The van der Waals surface area contributed by atoms with Gasteiger partial charge in [-0.25, -0.2) is 4.79 Å². The van der Waals surface area contributed by atoms with E-state index < -0.39 is 52.6 Å². The number of amides is 3. The van der Waals surface area contributed by atoms with Crippen LogP contribution in [0.2, 0.25) is 0 Å². The summed E-state index contributed by atoms with van der Waals surface area (Å²) in [5.74, 6) is -1.08. The van der Waals surface area contributed by atoms with Crippen LogP contribution in [0.3, 0.4) is 0 Å². The summed E-state index contributed by atoms with van der Waals surface area (Å²) in [4.78, 5) is 43.6. The second-order valence-electron chi connectivity index (χ2n) is 9.72. The third-order valence-electron chi connectivity index (χ3n) is 6.94. The van der Waals surface area contributed by atoms with E-state index in [0.29, 0.717) is 0 Å². The highest BCUT2D eigenvalue weighted by Gasteiger charge is 2.48. The smallest absolute Gasteiger partial charge is 0.395 e. The third kappa shape index (κ3) is 5.80. The van der Waals surface area contributed by atoms with Crippen LogP contribution in [0.15, 0.2) is 58.6 Å². The second kappa shape index (κ2) is 11.2. The monoisotopic (exact) mass is 592 g/mol. The van der Waals surface area contributed by atoms with Crippen molar-refractivity contribution in [2.75, 3.05) is 37.9 Å². The van der Waals surface area contributed by atoms with Gasteiger partial charge in [0.1, 0.15) is 6.54 Å². The summed E-state index contributed by atoms with van der Waals surface area (Å²) >= 11 is 0. The van der Waals surface area contributed by atoms with Gasteiger partial charge in [-0.3, -0.25) is 23.6 Å². The van der Waals surface area contributed by atoms with E-state index in [-0.39, 0.29) is 59.0 Å². The van der Waals surface area contributed by atoms with Gasteiger partial charge < -0.3 is 14.9 Å². The van der Waals surface area contributed by atoms with Gasteiger partial charge in [0.25, 0.3) is 0 Å². The Labute approximate surface area is 235 Å². The Morgan fingerprint density at radius 2 is 1.88 bits per heavy atom. The number of carbonyl (C=O) groups excluding carboxylic acids is 3. The van der Waals surface area contributed by atoms with Crippen molar-refractivity contribution in [3.8, 4) is 6.07 Å². The number of rotatable bonds is 7. The average molecular weight is 593 g/mol. The average Bonchev–Trinajstić information content (AvgIpc) is 3.28. The molecule has 218 valence electrons. The number of alkyl halides is 3. The number of aliphatic hydroxyl groups is 1. The molecule has 14 heteroatoms. The van der Waals surface area contributed by atoms with Gasteiger partial charge in [-0.15, -0.1) is 0 Å². The number of carbonyl (C=O) groups is 3. The number of allylic oxidation sites excluding steroid dienone is 1. The molecule has 1 unspecified atom stereocenters. The molecule has 3 N–H and O–H groups in total. The predicted octanol–water partition coefficient (Wildman–Crippen LogP) is 4.37. The lowest BCUT2D eigenvalue weighted by atomic mass is 9.92. The molecule has 4 rings (SSSR count). The Morgan fingerprint density at radius 3 is 2.49 bits per heavy atom. The van der Waals surface area contributed by atoms with E-state index >= 15 is 0 Å². The summed E-state index contributed by atoms with van der Waals surface area (Å²) in [7, 11) is -2.15. The third-order valence-corrected chi connectivity index (χ3v) is 8.13. The summed E-state index contributed by atoms with van der Waals surface area (Å²) in [6, 6.07) is 7.68. The molecule has 3 amide bonds. The Morgan fingerprint density at radius 1 is 1.17 bits per heavy atom. The topological polar surface area (TPSA) is 145 Å². The zero-order valence-electron chi connectivity index (χ0n) is 22.1. The number of halogens is 3. The number of aliphatic hydroxyl groups excluding tert-OH is 1. The van der Waals surface area contributed by atoms with Crippen molar-refractivity contribution in [3.05, 3.63) is 70.4 Å². The molecule has 0 saturated heterocycles. The molecule has 0 aromatic heterocycles. The van der Waals surface area contributed by atoms with E-state index in [4.69, 9.17) is 0 Å². The van der Waals surface area contributed by atoms with E-state index in [0.717, 1.165) is 39.2 Å². The molecular weight excluding hydrogens is 565 g/mol. The summed E-state index contributed by atoms with van der Waals surface area (Å²) in [5.41, 5.74) is -0.851. The molecule has 1 aliphatic heterocycles. The van der Waals surface area contributed by atoms with Gasteiger partial charge >= 0.3 is 12.2 Å². The largest absolute Gasteiger partial charge is 0.416 e. The minimum absolute atomic E-state index is 0.0207. The number of hydrogen-bond donors (Lipinski definition) is 3. The number of urea groups is 1. The molecule has 1 atom stereocenters. The van der Waals surface area contributed by atoms with Crippen LogP contribution in [0, 0.1) is 11.3 Å². The first-order valence-electron chi connectivity index (χ1n) is 12.3. The molecule has 2 aliphatic rings. The maximum atomic E-state index is 14.2. The maximum Gasteiger partial charge on any atom is 0.416 e. The van der Waals surface area contributed by atoms with Crippen molar-refractivity contribution in [1.29, 1.82) is 5.26 Å². The van der Waals surface area contributed by atoms with Gasteiger partial charge in [0.05, 0.1) is 40.4 Å². The lowest BCUT2D eigenvalue weighted by molar-refractivity contribution is -0.137. The van der Waals surface area contributed by atoms with E-state index in [1.54, 1.807) is 0 Å². The molecular formula is C27H27F3N4O6S. The standard InChI is InChI=1S/C27H27F3N4O6S/c1-32(10-11-35)23(37)15-33-25(19-7-6-16(14-31)12-22(19)41(2,39)40)24-20(8-9-21(24)36)34(26(33)38)18-5-3-4-17(13-18)27(28,29)30/h3-7,12-13,25,35,39-40H,8-11,15H2,1-2H3. The molecule has 0 spiro atoms. The highest BCUT2D eigenvalue weighted by Crippen LogP contribution is 2.53. The zero-order valence-corrected chi connectivity index (χ0v) is 22.9. The summed E-state index contributed by atoms with van der Waals surface area (Å²) in [5, 5.41) is 18.7. The van der Waals surface area contributed by atoms with Crippen molar-refractivity contribution < 1.29 is 41.8 Å². The second-order valence-corrected chi connectivity index (χ2v) is 11.8. The van der Waals surface area contributed by atoms with Crippen molar-refractivity contribution in [2.45, 2.75) is 30.0 Å². The first-order chi connectivity index (χ1) is 19.2. The molecule has 1 aliphatic carbocycles. The van der Waals surface area contributed by atoms with Gasteiger partial charge in [-0.05, 0) is 36.8 Å². The van der Waals surface area contributed by atoms with E-state index in [1.165, 1.54) is 31.3 Å². The molecule has 1 heterocycles. The van der Waals surface area contributed by atoms with Crippen molar-refractivity contribution in [2.24, 2.45) is 0 Å². The molecule has 2 aromatic rings. The normalized spacial score (nSPS) is 18.0. The first-order valence-corrected chi connectivity index (χ1v) is 14.3. The van der Waals surface area contributed by atoms with Gasteiger partial charge in [0.15, 0.2) is 5.78 Å². The van der Waals surface area contributed by atoms with Crippen LogP contribution in [-0.2, 0) is 15.8 Å². The Hall–Kier alpha value is -3.90. The Bertz CT molecular complexity index is 1480. The number of benzene rings is 2. The van der Waals surface area contributed by atoms with Gasteiger partial charge in [-0.2, -0.15) is 29.0 Å². The SMILES string of the molecule is CN(CCO)C(=O)CN1C(=O)N(c2cccc(C(F)(F)F)c2)C2=C(C(=O)CC2)C1c1ccc(C#N)cc1S(C)(O)O. The van der Waals surface area contributed by atoms with Crippen LogP contribution in [0.1, 0.15) is 35.6 Å². The molecule has 10 nitrogen and oxygen atoms in total. The lowest BCUT2D eigenvalue weighted by Gasteiger charge is -2.44. The van der Waals surface area contributed by atoms with Crippen LogP contribution in [0.5, 0.6) is 0 Å². The van der Waals surface area contributed by atoms with Crippen molar-refractivity contribution in [3.63, 3.8) is 0 Å². The molecule has 0 saturated carbocycles. The number of anilines is 1. The van der Waals surface area contributed by atoms with Gasteiger partial charge in [-0.1, -0.05) is 12.1 Å². The highest BCUT2D eigenvalue weighted by atomic mass is 32.3. The maximum absolute atomic E-state index is 14.2. The first kappa shape index (κ1) is 30.1. The number of likely N-dealkylation sites (N-methyl/N-ethyl adjacent to an activating group) is 1. The highest BCUT2D eigenvalue weighted by molar-refractivity contribution is 8.23. The molecule has 0 fully saturated rings. The molecule has 0 radical (unpaired) electrons. The molecule has 0 bridgehead atoms. The fraction of sp³-hybridized carbons (Fsp3) is 0.333. The van der Waals surface area contributed by atoms with E-state index in [2.05, 4.69) is 0 Å². The summed E-state index contributed by atoms with van der Waals surface area (Å²) in [6.45, 7) is -1.10. The van der Waals surface area contributed by atoms with E-state index in [1.807, 2.05) is 6.07 Å². The molecule has 41 heavy (non-hydrogen) atoms. The van der Waals surface area contributed by atoms with Gasteiger partial charge in [0, 0.05) is 43.1 Å². The van der Waals surface area contributed by atoms with Crippen LogP contribution < -0.4 is 4.90 Å². The number of ketones is 1. The fourth-order valence-electron chi connectivity index (χ4n) is 4.99. The number of nitriles is 1. The Balaban J connectivity index is 1.98. The lowest BCUT2D eigenvalue weighted by Crippen LogP contribution is -2.53. The van der Waals surface area contributed by atoms with Crippen molar-refractivity contribution in [1.82, 2.24) is 9.80 Å². The quantitative estimate of drug-likeness (QED) is 0.433. The number of Topliss-reactive ketones (excluding diaryl/α,β-unsaturated/α-hetero) is 1. The zero-order chi connectivity index (χ0) is 30.3. The molecule has 2 aromatic carbocycles. The van der Waals surface area contributed by atoms with E-state index in [9.17, 15) is 47.0 Å². The van der Waals surface area contributed by atoms with Crippen LogP contribution in [-0.4, -0.2) is 74.7 Å². The van der Waals surface area contributed by atoms with Crippen LogP contribution in [0.4, 0.5) is 23.7 Å². The van der Waals surface area contributed by atoms with Crippen LogP contribution in [0.25, 0.3) is 0 Å². The number of nitrogens with zero attached hydrogens (tertiary/aromatic N) is 4. The minimum Gasteiger partial charge on any atom is -0.395 e. The van der Waals surface area contributed by atoms with Crippen LogP contribution >= 0.6 is 10.6 Å². The number of hydrogen-bond acceptors (Lipinski definition) is 7.